The third kappa shape index (κ3) is 4.68. The number of fused-ring (bicyclic) bond motifs is 5. The van der Waals surface area contributed by atoms with Gasteiger partial charge in [0, 0.05) is 19.4 Å². The van der Waals surface area contributed by atoms with Crippen molar-refractivity contribution in [1.29, 1.82) is 0 Å². The van der Waals surface area contributed by atoms with Crippen LogP contribution in [0.25, 0.3) is 0 Å². The molecule has 0 radical (unpaired) electrons. The van der Waals surface area contributed by atoms with Crippen molar-refractivity contribution in [2.24, 2.45) is 0 Å². The normalized spacial score (nSPS) is 29.4. The number of thiophene rings is 2. The molecule has 6 nitrogen and oxygen atoms in total. The van der Waals surface area contributed by atoms with E-state index in [0.29, 0.717) is 34.0 Å². The number of carbonyl (C=O) groups excluding carboxylic acids is 1. The second-order valence-corrected chi connectivity index (χ2v) is 10.2. The van der Waals surface area contributed by atoms with Gasteiger partial charge in [-0.3, -0.25) is 0 Å². The molecule has 0 aromatic carbocycles. The van der Waals surface area contributed by atoms with Crippen LogP contribution in [0.2, 0.25) is 0 Å². The van der Waals surface area contributed by atoms with Gasteiger partial charge in [-0.2, -0.15) is 0 Å². The maximum Gasteiger partial charge on any atom is 0.349 e. The lowest BCUT2D eigenvalue weighted by atomic mass is 9.95. The van der Waals surface area contributed by atoms with Crippen LogP contribution in [-0.2, 0) is 19.9 Å². The Labute approximate surface area is 211 Å². The number of piperidine rings is 1. The molecule has 5 rings (SSSR count). The number of aliphatic hydroxyl groups excluding tert-OH is 1. The van der Waals surface area contributed by atoms with Crippen molar-refractivity contribution in [2.45, 2.75) is 55.8 Å². The molecule has 0 saturated carbocycles. The minimum Gasteiger partial charge on any atom is -0.459 e. The molecule has 2 bridgehead atoms. The predicted molar refractivity (Wildman–Crippen MR) is 132 cm³/mol. The molecule has 0 amide bonds. The molecule has 3 aliphatic rings. The zero-order valence-corrected chi connectivity index (χ0v) is 22.7. The Hall–Kier alpha value is -0.330. The average Bonchev–Trinajstić information content (AvgIpc) is 3.04. The first kappa shape index (κ1) is 26.9. The second kappa shape index (κ2) is 10.3. The van der Waals surface area contributed by atoms with Crippen LogP contribution in [0.1, 0.15) is 29.5 Å². The lowest BCUT2D eigenvalue weighted by Gasteiger charge is -2.45. The van der Waals surface area contributed by atoms with Gasteiger partial charge in [-0.15, -0.1) is 56.6 Å². The summed E-state index contributed by atoms with van der Waals surface area (Å²) in [7, 11) is 4.49. The van der Waals surface area contributed by atoms with Gasteiger partial charge in [-0.25, -0.2) is 4.79 Å². The molecule has 10 heteroatoms. The van der Waals surface area contributed by atoms with Gasteiger partial charge >= 0.3 is 5.97 Å². The number of carbonyl (C=O) groups is 1. The Morgan fingerprint density at radius 3 is 1.97 bits per heavy atom. The average molecular weight is 600 g/mol. The largest absolute Gasteiger partial charge is 0.459 e. The Morgan fingerprint density at radius 1 is 1.13 bits per heavy atom. The summed E-state index contributed by atoms with van der Waals surface area (Å²) in [6.07, 6.45) is 2.05. The van der Waals surface area contributed by atoms with Crippen LogP contribution < -0.4 is 0 Å². The number of rotatable bonds is 4. The third-order valence-corrected chi connectivity index (χ3v) is 8.32. The fourth-order valence-corrected chi connectivity index (χ4v) is 6.54. The molecule has 2 aromatic rings. The number of hydrogen-bond acceptors (Lipinski definition) is 7. The van der Waals surface area contributed by atoms with E-state index in [1.165, 1.54) is 22.7 Å². The number of nitrogens with zero attached hydrogens (tertiary/aromatic N) is 1. The molecule has 3 fully saturated rings. The maximum absolute atomic E-state index is 13.1. The van der Waals surface area contributed by atoms with E-state index >= 15 is 0 Å². The van der Waals surface area contributed by atoms with Gasteiger partial charge < -0.3 is 24.2 Å². The molecule has 5 heterocycles. The predicted octanol–water partition coefficient (Wildman–Crippen LogP) is 3.50. The van der Waals surface area contributed by atoms with Crippen molar-refractivity contribution in [2.75, 3.05) is 20.7 Å². The summed E-state index contributed by atoms with van der Waals surface area (Å²) >= 11 is 2.74. The number of aliphatic hydroxyl groups is 2. The van der Waals surface area contributed by atoms with Crippen LogP contribution in [0, 0.1) is 0 Å². The molecule has 174 valence electrons. The smallest absolute Gasteiger partial charge is 0.349 e. The molecule has 0 spiro atoms. The van der Waals surface area contributed by atoms with E-state index < -0.39 is 11.6 Å². The Morgan fingerprint density at radius 2 is 1.58 bits per heavy atom. The standard InChI is InChI=1S/C19H22NO4S2.C2H6O.2BrH/c1-20(2)12-9-11(10-13(20)17-16(12)24-17)23-18(21)19(22,14-5-3-7-25-14)15-6-4-8-26-15;1-2-3;;/h3-8,11-13,16-17,22H,9-10H2,1-2H3;3H,2H2,1H3;2*1H/q+1;;;/t11?,12-,13+,16-,17+;;;. The SMILES string of the molecule is Br.Br.CCO.C[N+]1(C)[C@@H]2CC(OC(=O)C(O)(c3cccs3)c3cccs3)C[C@H]1[C@@H]1O[C@@H]12. The summed E-state index contributed by atoms with van der Waals surface area (Å²) in [6.45, 7) is 1.93. The fourth-order valence-electron chi connectivity index (χ4n) is 4.83. The van der Waals surface area contributed by atoms with Crippen LogP contribution in [0.4, 0.5) is 0 Å². The lowest BCUT2D eigenvalue weighted by Crippen LogP contribution is -2.60. The number of morpholine rings is 1. The third-order valence-electron chi connectivity index (χ3n) is 6.36. The minimum absolute atomic E-state index is 0. The highest BCUT2D eigenvalue weighted by molar-refractivity contribution is 8.93. The molecule has 2 N–H and O–H groups in total. The van der Waals surface area contributed by atoms with Gasteiger partial charge in [0.2, 0.25) is 5.60 Å². The topological polar surface area (TPSA) is 79.3 Å². The lowest BCUT2D eigenvalue weighted by molar-refractivity contribution is -0.938. The molecule has 31 heavy (non-hydrogen) atoms. The molecule has 1 unspecified atom stereocenters. The minimum atomic E-state index is -1.72. The molecule has 0 aliphatic carbocycles. The number of hydrogen-bond donors (Lipinski definition) is 2. The Kier molecular flexibility index (Phi) is 8.94. The van der Waals surface area contributed by atoms with Crippen molar-refractivity contribution >= 4 is 62.6 Å². The number of epoxide rings is 1. The van der Waals surface area contributed by atoms with Crippen LogP contribution >= 0.6 is 56.6 Å². The van der Waals surface area contributed by atoms with Gasteiger partial charge in [0.05, 0.1) is 23.8 Å². The van der Waals surface area contributed by atoms with Crippen LogP contribution in [0.15, 0.2) is 35.0 Å². The summed E-state index contributed by atoms with van der Waals surface area (Å²) < 4.78 is 12.6. The molecule has 2 aromatic heterocycles. The van der Waals surface area contributed by atoms with E-state index in [1.54, 1.807) is 19.1 Å². The van der Waals surface area contributed by atoms with Gasteiger partial charge in [0.1, 0.15) is 30.4 Å². The van der Waals surface area contributed by atoms with Crippen LogP contribution in [-0.4, -0.2) is 71.8 Å². The molecule has 3 aliphatic heterocycles. The first-order chi connectivity index (χ1) is 13.8. The van der Waals surface area contributed by atoms with E-state index in [-0.39, 0.29) is 46.7 Å². The van der Waals surface area contributed by atoms with E-state index in [1.807, 2.05) is 22.9 Å². The van der Waals surface area contributed by atoms with Crippen molar-refractivity contribution in [3.8, 4) is 0 Å². The van der Waals surface area contributed by atoms with Gasteiger partial charge in [-0.1, -0.05) is 12.1 Å². The highest BCUT2D eigenvalue weighted by Crippen LogP contribution is 2.52. The van der Waals surface area contributed by atoms with Crippen molar-refractivity contribution in [1.82, 2.24) is 0 Å². The van der Waals surface area contributed by atoms with Gasteiger partial charge in [0.25, 0.3) is 0 Å². The van der Waals surface area contributed by atoms with Crippen molar-refractivity contribution in [3.05, 3.63) is 44.8 Å². The fraction of sp³-hybridized carbons (Fsp3) is 0.571. The number of ether oxygens (including phenoxy) is 2. The summed E-state index contributed by atoms with van der Waals surface area (Å²) in [4.78, 5) is 14.3. The van der Waals surface area contributed by atoms with Crippen molar-refractivity contribution < 1.29 is 29.0 Å². The molecular weight excluding hydrogens is 570 g/mol. The highest BCUT2D eigenvalue weighted by atomic mass is 79.9. The quantitative estimate of drug-likeness (QED) is 0.319. The van der Waals surface area contributed by atoms with E-state index in [2.05, 4.69) is 14.1 Å². The highest BCUT2D eigenvalue weighted by Gasteiger charge is 2.71. The summed E-state index contributed by atoms with van der Waals surface area (Å²) in [5, 5.41) is 22.7. The van der Waals surface area contributed by atoms with Crippen LogP contribution in [0.5, 0.6) is 0 Å². The second-order valence-electron chi connectivity index (χ2n) is 8.31. The first-order valence-electron chi connectivity index (χ1n) is 9.95. The number of esters is 1. The van der Waals surface area contributed by atoms with E-state index in [4.69, 9.17) is 14.6 Å². The van der Waals surface area contributed by atoms with E-state index in [9.17, 15) is 9.90 Å². The monoisotopic (exact) mass is 598 g/mol. The maximum atomic E-state index is 13.1. The number of halogens is 2. The summed E-state index contributed by atoms with van der Waals surface area (Å²) in [5.74, 6) is -0.561. The molecular formula is C21H30Br2NO5S2+. The molecule has 5 atom stereocenters. The Bertz CT molecular complexity index is 792. The van der Waals surface area contributed by atoms with Crippen LogP contribution in [0.3, 0.4) is 0 Å². The van der Waals surface area contributed by atoms with E-state index in [0.717, 1.165) is 17.3 Å². The zero-order chi connectivity index (χ0) is 20.8. The summed E-state index contributed by atoms with van der Waals surface area (Å²) in [6, 6.07) is 8.01. The van der Waals surface area contributed by atoms with Crippen molar-refractivity contribution in [3.63, 3.8) is 0 Å². The first-order valence-corrected chi connectivity index (χ1v) is 11.7. The Balaban J connectivity index is 0.000000648. The molecule has 3 saturated heterocycles. The number of quaternary nitrogens is 1. The number of likely N-dealkylation sites (N-methyl/N-ethyl adjacent to an activating group) is 1. The zero-order valence-electron chi connectivity index (χ0n) is 17.7. The summed E-state index contributed by atoms with van der Waals surface area (Å²) in [5.41, 5.74) is -1.72. The van der Waals surface area contributed by atoms with Gasteiger partial charge in [-0.05, 0) is 29.8 Å². The van der Waals surface area contributed by atoms with Gasteiger partial charge in [0.15, 0.2) is 0 Å².